The van der Waals surface area contributed by atoms with Crippen LogP contribution >= 0.6 is 0 Å². The molecule has 2 aliphatic carbocycles. The first kappa shape index (κ1) is 22.7. The topological polar surface area (TPSA) is 59.6 Å². The van der Waals surface area contributed by atoms with Gasteiger partial charge in [-0.25, -0.2) is 4.39 Å². The summed E-state index contributed by atoms with van der Waals surface area (Å²) in [4.78, 5) is 19.2. The van der Waals surface area contributed by atoms with Crippen molar-refractivity contribution in [2.45, 2.75) is 88.5 Å². The fourth-order valence-corrected chi connectivity index (χ4v) is 7.57. The number of hydrogen-bond acceptors (Lipinski definition) is 5. The number of amides is 1. The third-order valence-corrected chi connectivity index (χ3v) is 9.52. The number of fused-ring (bicyclic) bond motifs is 2. The number of piperazine rings is 1. The predicted molar refractivity (Wildman–Crippen MR) is 132 cm³/mol. The van der Waals surface area contributed by atoms with E-state index < -0.39 is 5.54 Å². The second-order valence-corrected chi connectivity index (χ2v) is 11.5. The van der Waals surface area contributed by atoms with E-state index in [9.17, 15) is 9.18 Å². The smallest absolute Gasteiger partial charge is 0.246 e. The van der Waals surface area contributed by atoms with Crippen molar-refractivity contribution >= 4 is 11.6 Å². The molecule has 3 N–H and O–H groups in total. The van der Waals surface area contributed by atoms with Gasteiger partial charge in [0.05, 0.1) is 6.17 Å². The molecule has 6 nitrogen and oxygen atoms in total. The number of anilines is 1. The van der Waals surface area contributed by atoms with Crippen LogP contribution in [-0.2, 0) is 11.2 Å². The molecule has 0 radical (unpaired) electrons. The van der Waals surface area contributed by atoms with Crippen LogP contribution in [-0.4, -0.2) is 72.2 Å². The standard InChI is InChI=1S/C27H40FN5O/c1-18-9-10-23(28)22-16-27(31-25(18)22,19-5-2-3-6-19)26(34)30-20-7-4-8-21(15-20)33-14-13-32-12-11-29-24(32)17-33/h9-10,19-21,24,29,31H,2-8,11-17H2,1H3,(H,30,34)/t20-,21+,24?,27?/m1/s1. The van der Waals surface area contributed by atoms with Crippen molar-refractivity contribution in [1.82, 2.24) is 20.4 Å². The molecule has 0 aromatic heterocycles. The van der Waals surface area contributed by atoms with Crippen LogP contribution in [0.2, 0.25) is 0 Å². The van der Waals surface area contributed by atoms with Crippen LogP contribution in [0.5, 0.6) is 0 Å². The first-order valence-corrected chi connectivity index (χ1v) is 13.6. The summed E-state index contributed by atoms with van der Waals surface area (Å²) >= 11 is 0. The Kier molecular flexibility index (Phi) is 6.06. The zero-order chi connectivity index (χ0) is 23.3. The van der Waals surface area contributed by atoms with Crippen molar-refractivity contribution in [3.63, 3.8) is 0 Å². The maximum absolute atomic E-state index is 14.8. The quantitative estimate of drug-likeness (QED) is 0.633. The monoisotopic (exact) mass is 469 g/mol. The molecule has 1 aromatic carbocycles. The molecule has 5 aliphatic rings. The molecular weight excluding hydrogens is 429 g/mol. The number of carbonyl (C=O) groups excluding carboxylic acids is 1. The fourth-order valence-electron chi connectivity index (χ4n) is 7.57. The molecule has 4 fully saturated rings. The van der Waals surface area contributed by atoms with Gasteiger partial charge >= 0.3 is 0 Å². The van der Waals surface area contributed by atoms with Gasteiger partial charge in [-0.05, 0) is 63.0 Å². The molecule has 3 aliphatic heterocycles. The zero-order valence-electron chi connectivity index (χ0n) is 20.5. The van der Waals surface area contributed by atoms with E-state index in [4.69, 9.17) is 0 Å². The third-order valence-electron chi connectivity index (χ3n) is 9.52. The van der Waals surface area contributed by atoms with Gasteiger partial charge in [-0.1, -0.05) is 18.9 Å². The summed E-state index contributed by atoms with van der Waals surface area (Å²) in [7, 11) is 0. The number of hydrogen-bond donors (Lipinski definition) is 3. The van der Waals surface area contributed by atoms with Gasteiger partial charge in [-0.15, -0.1) is 0 Å². The van der Waals surface area contributed by atoms with Gasteiger partial charge in [0.25, 0.3) is 0 Å². The molecule has 2 saturated carbocycles. The Bertz CT molecular complexity index is 901. The molecular formula is C27H40FN5O. The highest BCUT2D eigenvalue weighted by Crippen LogP contribution is 2.46. The Labute approximate surface area is 203 Å². The van der Waals surface area contributed by atoms with E-state index in [1.54, 1.807) is 6.07 Å². The minimum Gasteiger partial charge on any atom is -0.370 e. The van der Waals surface area contributed by atoms with E-state index in [-0.39, 0.29) is 23.7 Å². The molecule has 6 rings (SSSR count). The summed E-state index contributed by atoms with van der Waals surface area (Å²) < 4.78 is 14.8. The fraction of sp³-hybridized carbons (Fsp3) is 0.741. The summed E-state index contributed by atoms with van der Waals surface area (Å²) in [5.74, 6) is 0.181. The maximum atomic E-state index is 14.8. The number of aryl methyl sites for hydroxylation is 1. The van der Waals surface area contributed by atoms with Crippen molar-refractivity contribution in [1.29, 1.82) is 0 Å². The van der Waals surface area contributed by atoms with Gasteiger partial charge < -0.3 is 10.6 Å². The van der Waals surface area contributed by atoms with Gasteiger partial charge in [0, 0.05) is 62.5 Å². The molecule has 1 amide bonds. The Morgan fingerprint density at radius 3 is 2.74 bits per heavy atom. The lowest BCUT2D eigenvalue weighted by atomic mass is 9.78. The van der Waals surface area contributed by atoms with Crippen LogP contribution in [0.3, 0.4) is 0 Å². The van der Waals surface area contributed by atoms with Crippen LogP contribution in [0.4, 0.5) is 10.1 Å². The number of benzene rings is 1. The molecule has 2 unspecified atom stereocenters. The van der Waals surface area contributed by atoms with E-state index >= 15 is 0 Å². The molecule has 186 valence electrons. The van der Waals surface area contributed by atoms with Gasteiger partial charge in [0.15, 0.2) is 0 Å². The van der Waals surface area contributed by atoms with Crippen LogP contribution in [0.1, 0.15) is 62.5 Å². The second-order valence-electron chi connectivity index (χ2n) is 11.5. The third kappa shape index (κ3) is 3.94. The van der Waals surface area contributed by atoms with E-state index in [0.717, 1.165) is 82.4 Å². The Hall–Kier alpha value is -1.70. The summed E-state index contributed by atoms with van der Waals surface area (Å²) in [6, 6.07) is 4.13. The minimum atomic E-state index is -0.710. The number of nitrogens with zero attached hydrogens (tertiary/aromatic N) is 2. The molecule has 0 spiro atoms. The van der Waals surface area contributed by atoms with Gasteiger partial charge in [-0.3, -0.25) is 19.9 Å². The Morgan fingerprint density at radius 1 is 1.09 bits per heavy atom. The van der Waals surface area contributed by atoms with Crippen LogP contribution in [0.15, 0.2) is 12.1 Å². The van der Waals surface area contributed by atoms with Crippen LogP contribution in [0.25, 0.3) is 0 Å². The van der Waals surface area contributed by atoms with Gasteiger partial charge in [0.1, 0.15) is 11.4 Å². The van der Waals surface area contributed by atoms with Crippen LogP contribution in [0, 0.1) is 18.7 Å². The van der Waals surface area contributed by atoms with E-state index in [0.29, 0.717) is 24.2 Å². The van der Waals surface area contributed by atoms with E-state index in [1.165, 1.54) is 13.0 Å². The summed E-state index contributed by atoms with van der Waals surface area (Å²) in [6.07, 6.45) is 9.82. The van der Waals surface area contributed by atoms with E-state index in [1.807, 2.05) is 13.0 Å². The van der Waals surface area contributed by atoms with E-state index in [2.05, 4.69) is 25.8 Å². The average Bonchev–Trinajstić information content (AvgIpc) is 3.61. The number of halogens is 1. The maximum Gasteiger partial charge on any atom is 0.246 e. The molecule has 2 saturated heterocycles. The summed E-state index contributed by atoms with van der Waals surface area (Å²) in [5.41, 5.74) is 1.87. The lowest BCUT2D eigenvalue weighted by Crippen LogP contribution is -2.60. The highest BCUT2D eigenvalue weighted by molar-refractivity contribution is 5.93. The molecule has 34 heavy (non-hydrogen) atoms. The SMILES string of the molecule is Cc1ccc(F)c2c1NC(C(=O)N[C@@H]1CCC[C@H](N3CCN4CCNC4C3)C1)(C1CCCC1)C2. The molecule has 0 bridgehead atoms. The zero-order valence-corrected chi connectivity index (χ0v) is 20.5. The predicted octanol–water partition coefficient (Wildman–Crippen LogP) is 3.01. The number of carbonyl (C=O) groups is 1. The minimum absolute atomic E-state index is 0.0994. The number of nitrogens with one attached hydrogen (secondary N) is 3. The van der Waals surface area contributed by atoms with Crippen molar-refractivity contribution in [2.75, 3.05) is 38.0 Å². The largest absolute Gasteiger partial charge is 0.370 e. The van der Waals surface area contributed by atoms with Crippen molar-refractivity contribution < 1.29 is 9.18 Å². The second kappa shape index (κ2) is 9.07. The highest BCUT2D eigenvalue weighted by atomic mass is 19.1. The first-order chi connectivity index (χ1) is 16.5. The Balaban J connectivity index is 1.17. The van der Waals surface area contributed by atoms with Crippen molar-refractivity contribution in [2.24, 2.45) is 5.92 Å². The molecule has 1 aromatic rings. The van der Waals surface area contributed by atoms with Crippen LogP contribution < -0.4 is 16.0 Å². The average molecular weight is 470 g/mol. The van der Waals surface area contributed by atoms with Crippen molar-refractivity contribution in [3.05, 3.63) is 29.1 Å². The summed E-state index contributed by atoms with van der Waals surface area (Å²) in [6.45, 7) is 7.64. The lowest BCUT2D eigenvalue weighted by Gasteiger charge is -2.44. The molecule has 7 heteroatoms. The normalized spacial score (nSPS) is 34.6. The number of rotatable bonds is 4. The van der Waals surface area contributed by atoms with Gasteiger partial charge in [-0.2, -0.15) is 0 Å². The van der Waals surface area contributed by atoms with Crippen molar-refractivity contribution in [3.8, 4) is 0 Å². The van der Waals surface area contributed by atoms with Gasteiger partial charge in [0.2, 0.25) is 5.91 Å². The molecule has 3 heterocycles. The lowest BCUT2D eigenvalue weighted by molar-refractivity contribution is -0.128. The highest BCUT2D eigenvalue weighted by Gasteiger charge is 2.52. The molecule has 4 atom stereocenters. The Morgan fingerprint density at radius 2 is 1.91 bits per heavy atom. The summed E-state index contributed by atoms with van der Waals surface area (Å²) in [5, 5.41) is 10.7. The first-order valence-electron chi connectivity index (χ1n) is 13.6.